The van der Waals surface area contributed by atoms with Crippen molar-refractivity contribution in [2.45, 2.75) is 12.8 Å². The largest absolute Gasteiger partial charge is 0.441 e. The summed E-state index contributed by atoms with van der Waals surface area (Å²) in [6, 6.07) is 9.86. The Labute approximate surface area is 87.5 Å². The van der Waals surface area contributed by atoms with Crippen molar-refractivity contribution in [2.24, 2.45) is 0 Å². The molecule has 2 rings (SSSR count). The van der Waals surface area contributed by atoms with Crippen molar-refractivity contribution < 1.29 is 4.42 Å². The number of hydrogen-bond donors (Lipinski definition) is 0. The van der Waals surface area contributed by atoms with Crippen LogP contribution in [0.25, 0.3) is 11.3 Å². The van der Waals surface area contributed by atoms with Crippen LogP contribution in [-0.2, 0) is 5.88 Å². The second-order valence-electron chi connectivity index (χ2n) is 3.01. The molecule has 0 aliphatic heterocycles. The first kappa shape index (κ1) is 9.28. The Hall–Kier alpha value is -1.28. The van der Waals surface area contributed by atoms with Crippen LogP contribution < -0.4 is 0 Å². The summed E-state index contributed by atoms with van der Waals surface area (Å²) in [5, 5.41) is 0. The van der Waals surface area contributed by atoms with E-state index in [9.17, 15) is 0 Å². The lowest BCUT2D eigenvalue weighted by Crippen LogP contribution is -1.82. The number of aromatic nitrogens is 1. The van der Waals surface area contributed by atoms with Gasteiger partial charge in [0.2, 0.25) is 0 Å². The average Bonchev–Trinajstić information content (AvgIpc) is 2.61. The van der Waals surface area contributed by atoms with Gasteiger partial charge in [0.05, 0.1) is 5.88 Å². The van der Waals surface area contributed by atoms with E-state index >= 15 is 0 Å². The number of hydrogen-bond acceptors (Lipinski definition) is 2. The molecule has 1 heterocycles. The Morgan fingerprint density at radius 2 is 2.00 bits per heavy atom. The van der Waals surface area contributed by atoms with Crippen LogP contribution >= 0.6 is 11.6 Å². The van der Waals surface area contributed by atoms with E-state index in [0.717, 1.165) is 17.0 Å². The molecule has 0 radical (unpaired) electrons. The molecule has 1 aromatic carbocycles. The molecule has 0 unspecified atom stereocenters. The summed E-state index contributed by atoms with van der Waals surface area (Å²) in [6.45, 7) is 1.82. The van der Waals surface area contributed by atoms with E-state index in [1.165, 1.54) is 0 Å². The second kappa shape index (κ2) is 3.84. The molecule has 0 aliphatic rings. The topological polar surface area (TPSA) is 26.0 Å². The second-order valence-corrected chi connectivity index (χ2v) is 3.28. The van der Waals surface area contributed by atoms with E-state index < -0.39 is 0 Å². The van der Waals surface area contributed by atoms with Gasteiger partial charge < -0.3 is 4.42 Å². The zero-order chi connectivity index (χ0) is 9.97. The third kappa shape index (κ3) is 1.66. The van der Waals surface area contributed by atoms with Gasteiger partial charge in [-0.2, -0.15) is 0 Å². The van der Waals surface area contributed by atoms with Crippen LogP contribution in [0.1, 0.15) is 11.6 Å². The first-order valence-corrected chi connectivity index (χ1v) is 4.92. The maximum absolute atomic E-state index is 5.77. The van der Waals surface area contributed by atoms with E-state index in [0.29, 0.717) is 11.8 Å². The van der Waals surface area contributed by atoms with Crippen LogP contribution in [0.4, 0.5) is 0 Å². The molecular formula is C11H10ClNO. The number of alkyl halides is 1. The lowest BCUT2D eigenvalue weighted by Gasteiger charge is -1.96. The highest BCUT2D eigenvalue weighted by atomic mass is 35.5. The van der Waals surface area contributed by atoms with Gasteiger partial charge in [-0.25, -0.2) is 4.98 Å². The number of nitrogens with zero attached hydrogens (tertiary/aromatic N) is 1. The summed E-state index contributed by atoms with van der Waals surface area (Å²) >= 11 is 5.77. The zero-order valence-electron chi connectivity index (χ0n) is 7.83. The molecule has 0 N–H and O–H groups in total. The normalized spacial score (nSPS) is 10.4. The molecule has 0 bridgehead atoms. The summed E-state index contributed by atoms with van der Waals surface area (Å²) in [4.78, 5) is 4.21. The summed E-state index contributed by atoms with van der Waals surface area (Å²) < 4.78 is 5.50. The molecule has 2 aromatic rings. The van der Waals surface area contributed by atoms with Gasteiger partial charge in [-0.05, 0) is 0 Å². The first-order chi connectivity index (χ1) is 6.81. The molecular weight excluding hydrogens is 198 g/mol. The van der Waals surface area contributed by atoms with Crippen molar-refractivity contribution in [2.75, 3.05) is 0 Å². The number of aryl methyl sites for hydroxylation is 1. The zero-order valence-corrected chi connectivity index (χ0v) is 8.58. The Bertz CT molecular complexity index is 422. The van der Waals surface area contributed by atoms with Crippen LogP contribution in [0.2, 0.25) is 0 Å². The molecule has 0 aliphatic carbocycles. The van der Waals surface area contributed by atoms with Gasteiger partial charge >= 0.3 is 0 Å². The summed E-state index contributed by atoms with van der Waals surface area (Å²) in [5.74, 6) is 1.80. The first-order valence-electron chi connectivity index (χ1n) is 4.39. The summed E-state index contributed by atoms with van der Waals surface area (Å²) in [7, 11) is 0. The van der Waals surface area contributed by atoms with Gasteiger partial charge in [-0.1, -0.05) is 30.3 Å². The highest BCUT2D eigenvalue weighted by molar-refractivity contribution is 6.17. The maximum Gasteiger partial charge on any atom is 0.192 e. The molecule has 0 saturated carbocycles. The monoisotopic (exact) mass is 207 g/mol. The van der Waals surface area contributed by atoms with Crippen LogP contribution in [-0.4, -0.2) is 4.98 Å². The Kier molecular flexibility index (Phi) is 2.55. The minimum atomic E-state index is 0.377. The van der Waals surface area contributed by atoms with Crippen molar-refractivity contribution in [3.05, 3.63) is 41.9 Å². The molecule has 0 fully saturated rings. The Morgan fingerprint density at radius 3 is 2.64 bits per heavy atom. The molecule has 1 aromatic heterocycles. The highest BCUT2D eigenvalue weighted by Crippen LogP contribution is 2.25. The Balaban J connectivity index is 2.51. The van der Waals surface area contributed by atoms with Gasteiger partial charge in [-0.3, -0.25) is 0 Å². The fourth-order valence-corrected chi connectivity index (χ4v) is 1.56. The Morgan fingerprint density at radius 1 is 1.29 bits per heavy atom. The quantitative estimate of drug-likeness (QED) is 0.706. The summed E-state index contributed by atoms with van der Waals surface area (Å²) in [6.07, 6.45) is 0. The fourth-order valence-electron chi connectivity index (χ4n) is 1.38. The molecule has 0 amide bonds. The van der Waals surface area contributed by atoms with Gasteiger partial charge in [-0.15, -0.1) is 11.6 Å². The molecule has 3 heteroatoms. The van der Waals surface area contributed by atoms with Crippen molar-refractivity contribution in [1.82, 2.24) is 4.98 Å². The highest BCUT2D eigenvalue weighted by Gasteiger charge is 2.11. The number of oxazole rings is 1. The molecule has 0 atom stereocenters. The van der Waals surface area contributed by atoms with Gasteiger partial charge in [0.25, 0.3) is 0 Å². The van der Waals surface area contributed by atoms with E-state index in [1.54, 1.807) is 0 Å². The van der Waals surface area contributed by atoms with Crippen LogP contribution in [0.5, 0.6) is 0 Å². The predicted octanol–water partition coefficient (Wildman–Crippen LogP) is 3.39. The molecule has 0 saturated heterocycles. The average molecular weight is 208 g/mol. The third-order valence-corrected chi connectivity index (χ3v) is 2.22. The van der Waals surface area contributed by atoms with Gasteiger partial charge in [0, 0.05) is 12.5 Å². The van der Waals surface area contributed by atoms with Crippen LogP contribution in [0, 0.1) is 6.92 Å². The van der Waals surface area contributed by atoms with Crippen LogP contribution in [0.3, 0.4) is 0 Å². The van der Waals surface area contributed by atoms with Crippen molar-refractivity contribution in [1.29, 1.82) is 0 Å². The maximum atomic E-state index is 5.77. The lowest BCUT2D eigenvalue weighted by atomic mass is 10.1. The fraction of sp³-hybridized carbons (Fsp3) is 0.182. The SMILES string of the molecule is Cc1nc(CCl)c(-c2ccccc2)o1. The standard InChI is InChI=1S/C11H10ClNO/c1-8-13-10(7-12)11(14-8)9-5-3-2-4-6-9/h2-6H,7H2,1H3. The minimum Gasteiger partial charge on any atom is -0.441 e. The van der Waals surface area contributed by atoms with Gasteiger partial charge in [0.15, 0.2) is 11.7 Å². The smallest absolute Gasteiger partial charge is 0.192 e. The van der Waals surface area contributed by atoms with E-state index in [1.807, 2.05) is 37.3 Å². The molecule has 14 heavy (non-hydrogen) atoms. The van der Waals surface area contributed by atoms with Crippen molar-refractivity contribution in [3.8, 4) is 11.3 Å². The molecule has 72 valence electrons. The molecule has 0 spiro atoms. The minimum absolute atomic E-state index is 0.377. The number of halogens is 1. The summed E-state index contributed by atoms with van der Waals surface area (Å²) in [5.41, 5.74) is 1.82. The van der Waals surface area contributed by atoms with Crippen LogP contribution in [0.15, 0.2) is 34.7 Å². The van der Waals surface area contributed by atoms with E-state index in [4.69, 9.17) is 16.0 Å². The van der Waals surface area contributed by atoms with E-state index in [2.05, 4.69) is 4.98 Å². The third-order valence-electron chi connectivity index (χ3n) is 1.97. The number of benzene rings is 1. The molecule has 2 nitrogen and oxygen atoms in total. The lowest BCUT2D eigenvalue weighted by molar-refractivity contribution is 0.534. The van der Waals surface area contributed by atoms with Gasteiger partial charge in [0.1, 0.15) is 5.69 Å². The van der Waals surface area contributed by atoms with Crippen molar-refractivity contribution in [3.63, 3.8) is 0 Å². The van der Waals surface area contributed by atoms with Crippen molar-refractivity contribution >= 4 is 11.6 Å². The predicted molar refractivity (Wildman–Crippen MR) is 56.2 cm³/mol. The number of rotatable bonds is 2. The van der Waals surface area contributed by atoms with E-state index in [-0.39, 0.29) is 0 Å².